The summed E-state index contributed by atoms with van der Waals surface area (Å²) in [6.45, 7) is 0.00967. The van der Waals surface area contributed by atoms with Gasteiger partial charge in [0.2, 0.25) is 15.9 Å². The summed E-state index contributed by atoms with van der Waals surface area (Å²) in [4.78, 5) is 27.5. The zero-order chi connectivity index (χ0) is 22.4. The van der Waals surface area contributed by atoms with Gasteiger partial charge in [-0.05, 0) is 42.0 Å². The average Bonchev–Trinajstić information content (AvgIpc) is 3.22. The minimum atomic E-state index is -4.01. The van der Waals surface area contributed by atoms with Crippen LogP contribution < -0.4 is 10.0 Å². The average molecular weight is 463 g/mol. The second-order valence-electron chi connectivity index (χ2n) is 6.64. The van der Waals surface area contributed by atoms with Crippen molar-refractivity contribution in [1.29, 1.82) is 0 Å². The largest absolute Gasteiger partial charge is 0.481 e. The van der Waals surface area contributed by atoms with Crippen molar-refractivity contribution >= 4 is 39.2 Å². The van der Waals surface area contributed by atoms with Crippen LogP contribution in [0.15, 0.2) is 72.1 Å². The quantitative estimate of drug-likeness (QED) is 0.446. The molecule has 1 heterocycles. The van der Waals surface area contributed by atoms with E-state index in [1.807, 2.05) is 0 Å². The molecule has 0 radical (unpaired) electrons. The van der Waals surface area contributed by atoms with Gasteiger partial charge < -0.3 is 15.0 Å². The van der Waals surface area contributed by atoms with Crippen molar-refractivity contribution in [2.45, 2.75) is 23.9 Å². The molecule has 0 aliphatic carbocycles. The van der Waals surface area contributed by atoms with E-state index in [0.717, 1.165) is 0 Å². The van der Waals surface area contributed by atoms with Crippen molar-refractivity contribution in [3.63, 3.8) is 0 Å². The van der Waals surface area contributed by atoms with E-state index in [9.17, 15) is 18.0 Å². The number of aromatic nitrogens is 2. The molecule has 11 heteroatoms. The predicted octanol–water partition coefficient (Wildman–Crippen LogP) is 2.15. The number of rotatable bonds is 9. The third-order valence-corrected chi connectivity index (χ3v) is 6.01. The number of aliphatic carboxylic acids is 1. The number of carboxylic acid groups (broad SMARTS) is 1. The van der Waals surface area contributed by atoms with Crippen LogP contribution in [-0.2, 0) is 32.6 Å². The molecule has 9 nitrogen and oxygen atoms in total. The van der Waals surface area contributed by atoms with Gasteiger partial charge in [-0.2, -0.15) is 4.72 Å². The highest BCUT2D eigenvalue weighted by Gasteiger charge is 2.26. The molecule has 162 valence electrons. The van der Waals surface area contributed by atoms with Gasteiger partial charge in [-0.3, -0.25) is 9.59 Å². The van der Waals surface area contributed by atoms with E-state index in [2.05, 4.69) is 15.0 Å². The zero-order valence-corrected chi connectivity index (χ0v) is 17.7. The minimum absolute atomic E-state index is 0.00967. The number of amides is 1. The summed E-state index contributed by atoms with van der Waals surface area (Å²) in [5.41, 5.74) is 0.976. The van der Waals surface area contributed by atoms with Crippen molar-refractivity contribution in [3.05, 3.63) is 77.8 Å². The number of imidazole rings is 1. The third kappa shape index (κ3) is 6.38. The Morgan fingerprint density at radius 3 is 2.35 bits per heavy atom. The van der Waals surface area contributed by atoms with Crippen molar-refractivity contribution in [1.82, 2.24) is 14.3 Å². The van der Waals surface area contributed by atoms with E-state index >= 15 is 0 Å². The van der Waals surface area contributed by atoms with Crippen LogP contribution >= 0.6 is 11.6 Å². The fourth-order valence-corrected chi connectivity index (χ4v) is 4.07. The summed E-state index contributed by atoms with van der Waals surface area (Å²) in [5.74, 6) is -1.55. The van der Waals surface area contributed by atoms with E-state index in [0.29, 0.717) is 16.3 Å². The molecule has 1 amide bonds. The van der Waals surface area contributed by atoms with Crippen LogP contribution in [0.25, 0.3) is 0 Å². The van der Waals surface area contributed by atoms with E-state index in [1.54, 1.807) is 35.0 Å². The highest BCUT2D eigenvalue weighted by molar-refractivity contribution is 7.89. The lowest BCUT2D eigenvalue weighted by Crippen LogP contribution is -2.46. The molecule has 0 aliphatic heterocycles. The number of carbonyl (C=O) groups is 2. The van der Waals surface area contributed by atoms with E-state index in [4.69, 9.17) is 16.7 Å². The van der Waals surface area contributed by atoms with Gasteiger partial charge in [0, 0.05) is 29.6 Å². The van der Waals surface area contributed by atoms with Gasteiger partial charge in [-0.25, -0.2) is 13.4 Å². The molecule has 2 aromatic carbocycles. The van der Waals surface area contributed by atoms with Crippen LogP contribution in [0.3, 0.4) is 0 Å². The van der Waals surface area contributed by atoms with Crippen LogP contribution in [0, 0.1) is 0 Å². The van der Waals surface area contributed by atoms with Crippen LogP contribution in [-0.4, -0.2) is 41.0 Å². The molecule has 3 aromatic rings. The highest BCUT2D eigenvalue weighted by atomic mass is 35.5. The Balaban J connectivity index is 1.78. The van der Waals surface area contributed by atoms with Gasteiger partial charge in [-0.15, -0.1) is 0 Å². The molecule has 0 saturated carbocycles. The Hall–Kier alpha value is -3.21. The Kier molecular flexibility index (Phi) is 7.06. The van der Waals surface area contributed by atoms with Crippen molar-refractivity contribution in [3.8, 4) is 0 Å². The second-order valence-corrected chi connectivity index (χ2v) is 8.79. The molecule has 1 aromatic heterocycles. The van der Waals surface area contributed by atoms with Gasteiger partial charge in [0.1, 0.15) is 6.04 Å². The molecule has 0 spiro atoms. The van der Waals surface area contributed by atoms with Crippen molar-refractivity contribution in [2.24, 2.45) is 0 Å². The number of benzene rings is 2. The summed E-state index contributed by atoms with van der Waals surface area (Å²) in [7, 11) is -4.01. The van der Waals surface area contributed by atoms with E-state index in [-0.39, 0.29) is 17.9 Å². The number of nitrogens with zero attached hydrogens (tertiary/aromatic N) is 2. The van der Waals surface area contributed by atoms with Crippen LogP contribution in [0.5, 0.6) is 0 Å². The first kappa shape index (κ1) is 22.5. The predicted molar refractivity (Wildman–Crippen MR) is 114 cm³/mol. The number of sulfonamides is 1. The number of halogens is 1. The summed E-state index contributed by atoms with van der Waals surface area (Å²) in [6.07, 6.45) is 4.46. The highest BCUT2D eigenvalue weighted by Crippen LogP contribution is 2.16. The molecule has 0 aliphatic rings. The minimum Gasteiger partial charge on any atom is -0.481 e. The maximum Gasteiger partial charge on any atom is 0.307 e. The lowest BCUT2D eigenvalue weighted by molar-refractivity contribution is -0.136. The maximum absolute atomic E-state index is 12.9. The third-order valence-electron chi connectivity index (χ3n) is 4.27. The molecule has 1 unspecified atom stereocenters. The number of hydrogen-bond acceptors (Lipinski definition) is 5. The van der Waals surface area contributed by atoms with Gasteiger partial charge in [0.15, 0.2) is 0 Å². The van der Waals surface area contributed by atoms with Crippen LogP contribution in [0.4, 0.5) is 5.69 Å². The number of carboxylic acids is 1. The van der Waals surface area contributed by atoms with E-state index in [1.165, 1.54) is 36.8 Å². The molecular formula is C20H19ClN4O5S. The Morgan fingerprint density at radius 1 is 1.10 bits per heavy atom. The molecule has 1 atom stereocenters. The SMILES string of the molecule is O=C(O)Cc1ccc(NC(=O)C(Cn2ccnc2)NS(=O)(=O)c2ccc(Cl)cc2)cc1. The lowest BCUT2D eigenvalue weighted by atomic mass is 10.1. The van der Waals surface area contributed by atoms with Crippen LogP contribution in [0.1, 0.15) is 5.56 Å². The van der Waals surface area contributed by atoms with Gasteiger partial charge in [0.05, 0.1) is 17.6 Å². The first-order valence-corrected chi connectivity index (χ1v) is 10.9. The fraction of sp³-hybridized carbons (Fsp3) is 0.150. The smallest absolute Gasteiger partial charge is 0.307 e. The first-order valence-electron chi connectivity index (χ1n) is 9.08. The molecule has 0 saturated heterocycles. The Labute approximate surface area is 183 Å². The fourth-order valence-electron chi connectivity index (χ4n) is 2.76. The maximum atomic E-state index is 12.9. The molecule has 0 fully saturated rings. The zero-order valence-electron chi connectivity index (χ0n) is 16.1. The number of hydrogen-bond donors (Lipinski definition) is 3. The Morgan fingerprint density at radius 2 is 1.77 bits per heavy atom. The number of nitrogens with one attached hydrogen (secondary N) is 2. The summed E-state index contributed by atoms with van der Waals surface area (Å²) < 4.78 is 29.5. The molecular weight excluding hydrogens is 444 g/mol. The second kappa shape index (κ2) is 9.73. The number of anilines is 1. The van der Waals surface area contributed by atoms with Gasteiger partial charge >= 0.3 is 5.97 Å². The molecule has 3 N–H and O–H groups in total. The summed E-state index contributed by atoms with van der Waals surface area (Å²) in [6, 6.07) is 10.7. The molecule has 3 rings (SSSR count). The summed E-state index contributed by atoms with van der Waals surface area (Å²) >= 11 is 5.82. The van der Waals surface area contributed by atoms with Crippen LogP contribution in [0.2, 0.25) is 5.02 Å². The Bertz CT molecular complexity index is 1150. The molecule has 31 heavy (non-hydrogen) atoms. The standard InChI is InChI=1S/C20H19ClN4O5S/c21-15-3-7-17(8-4-15)31(29,30)24-18(12-25-10-9-22-13-25)20(28)23-16-5-1-14(2-6-16)11-19(26)27/h1-10,13,18,24H,11-12H2,(H,23,28)(H,26,27). The van der Waals surface area contributed by atoms with Gasteiger partial charge in [0.25, 0.3) is 0 Å². The van der Waals surface area contributed by atoms with Crippen molar-refractivity contribution in [2.75, 3.05) is 5.32 Å². The summed E-state index contributed by atoms with van der Waals surface area (Å²) in [5, 5.41) is 11.9. The van der Waals surface area contributed by atoms with E-state index < -0.39 is 27.9 Å². The lowest BCUT2D eigenvalue weighted by Gasteiger charge is -2.19. The van der Waals surface area contributed by atoms with Gasteiger partial charge in [-0.1, -0.05) is 23.7 Å². The monoisotopic (exact) mass is 462 g/mol. The number of carbonyl (C=O) groups excluding carboxylic acids is 1. The first-order chi connectivity index (χ1) is 14.7. The van der Waals surface area contributed by atoms with Crippen molar-refractivity contribution < 1.29 is 23.1 Å². The normalized spacial score (nSPS) is 12.3. The topological polar surface area (TPSA) is 130 Å². The molecule has 0 bridgehead atoms.